The minimum Gasteiger partial charge on any atom is -0.475 e. The van der Waals surface area contributed by atoms with Gasteiger partial charge in [-0.2, -0.15) is 13.2 Å². The molecule has 1 unspecified atom stereocenters. The summed E-state index contributed by atoms with van der Waals surface area (Å²) in [5.74, 6) is -2.76. The molecule has 2 rings (SSSR count). The van der Waals surface area contributed by atoms with Gasteiger partial charge in [0.15, 0.2) is 0 Å². The topological polar surface area (TPSA) is 136 Å². The summed E-state index contributed by atoms with van der Waals surface area (Å²) in [6, 6.07) is 1.62. The molecule has 0 bridgehead atoms. The summed E-state index contributed by atoms with van der Waals surface area (Å²) in [4.78, 5) is 40.2. The summed E-state index contributed by atoms with van der Waals surface area (Å²) in [5, 5.41) is 9.13. The first-order valence-corrected chi connectivity index (χ1v) is 11.4. The van der Waals surface area contributed by atoms with Crippen molar-refractivity contribution in [3.8, 4) is 11.5 Å². The number of likely N-dealkylation sites (N-methyl/N-ethyl adjacent to an activating group) is 1. The molecule has 0 N–H and O–H groups in total. The van der Waals surface area contributed by atoms with Gasteiger partial charge < -0.3 is 33.4 Å². The molecule has 1 aromatic carbocycles. The van der Waals surface area contributed by atoms with Crippen LogP contribution in [0.1, 0.15) is 25.0 Å². The molecule has 0 aromatic heterocycles. The summed E-state index contributed by atoms with van der Waals surface area (Å²) in [6.45, 7) is 2.19. The fourth-order valence-corrected chi connectivity index (χ4v) is 3.30. The minimum atomic E-state index is -5.13. The second kappa shape index (κ2) is 13.4. The van der Waals surface area contributed by atoms with E-state index in [4.69, 9.17) is 14.2 Å². The van der Waals surface area contributed by atoms with E-state index in [1.165, 1.54) is 11.8 Å². The first kappa shape index (κ1) is 32.3. The molecular formula is C22H24F6N2O10. The summed E-state index contributed by atoms with van der Waals surface area (Å²) in [7, 11) is 1.54. The fraction of sp³-hybridized carbons (Fsp3) is 0.545. The molecular weight excluding hydrogens is 566 g/mol. The quantitative estimate of drug-likeness (QED) is 0.115. The van der Waals surface area contributed by atoms with Gasteiger partial charge in [-0.1, -0.05) is 6.92 Å². The first-order valence-electron chi connectivity index (χ1n) is 11.4. The van der Waals surface area contributed by atoms with Gasteiger partial charge in [-0.3, -0.25) is 0 Å². The smallest absolute Gasteiger partial charge is 0.475 e. The minimum absolute atomic E-state index is 0.0228. The Hall–Kier alpha value is -3.96. The van der Waals surface area contributed by atoms with E-state index in [9.17, 15) is 46.0 Å². The number of alkyl halides is 6. The highest BCUT2D eigenvalue weighted by Crippen LogP contribution is 2.42. The molecule has 40 heavy (non-hydrogen) atoms. The van der Waals surface area contributed by atoms with Crippen molar-refractivity contribution >= 4 is 18.2 Å². The van der Waals surface area contributed by atoms with Crippen molar-refractivity contribution in [3.63, 3.8) is 0 Å². The fourth-order valence-electron chi connectivity index (χ4n) is 3.30. The van der Waals surface area contributed by atoms with Gasteiger partial charge in [-0.05, 0) is 37.2 Å². The first-order chi connectivity index (χ1) is 18.5. The molecule has 2 atom stereocenters. The van der Waals surface area contributed by atoms with Crippen LogP contribution in [-0.2, 0) is 30.3 Å². The molecule has 224 valence electrons. The molecule has 0 radical (unpaired) electrons. The SMILES string of the molecule is CCc1cc(OC(F)(F)F)cc2c1O[C@H](C(F)(F)F)C(C(=O)OC(C)OC(=O)OCCN(C)CCO[N+](=O)[O-])=C2. The van der Waals surface area contributed by atoms with Gasteiger partial charge in [0.25, 0.3) is 5.09 Å². The average Bonchev–Trinajstić information content (AvgIpc) is 2.80. The van der Waals surface area contributed by atoms with Crippen molar-refractivity contribution < 1.29 is 69.5 Å². The van der Waals surface area contributed by atoms with Crippen molar-refractivity contribution in [1.82, 2.24) is 4.90 Å². The van der Waals surface area contributed by atoms with Crippen LogP contribution >= 0.6 is 0 Å². The zero-order chi connectivity index (χ0) is 30.3. The van der Waals surface area contributed by atoms with E-state index >= 15 is 0 Å². The Kier molecular flexibility index (Phi) is 10.8. The third kappa shape index (κ3) is 9.97. The Morgan fingerprint density at radius 1 is 1.12 bits per heavy atom. The Balaban J connectivity index is 2.09. The maximum atomic E-state index is 13.8. The van der Waals surface area contributed by atoms with Crippen molar-refractivity contribution in [3.05, 3.63) is 38.9 Å². The van der Waals surface area contributed by atoms with Crippen molar-refractivity contribution in [2.75, 3.05) is 33.4 Å². The highest BCUT2D eigenvalue weighted by atomic mass is 19.4. The van der Waals surface area contributed by atoms with Gasteiger partial charge in [0.1, 0.15) is 24.7 Å². The molecule has 0 saturated heterocycles. The van der Waals surface area contributed by atoms with E-state index in [0.717, 1.165) is 19.1 Å². The van der Waals surface area contributed by atoms with E-state index in [0.29, 0.717) is 6.08 Å². The van der Waals surface area contributed by atoms with Crippen molar-refractivity contribution in [2.45, 2.75) is 45.2 Å². The second-order valence-corrected chi connectivity index (χ2v) is 8.09. The highest BCUT2D eigenvalue weighted by molar-refractivity contribution is 5.96. The van der Waals surface area contributed by atoms with Gasteiger partial charge in [0, 0.05) is 25.6 Å². The van der Waals surface area contributed by atoms with Crippen LogP contribution in [0.3, 0.4) is 0 Å². The van der Waals surface area contributed by atoms with E-state index in [1.54, 1.807) is 7.05 Å². The van der Waals surface area contributed by atoms with Gasteiger partial charge >= 0.3 is 24.7 Å². The molecule has 1 heterocycles. The predicted octanol–water partition coefficient (Wildman–Crippen LogP) is 4.04. The van der Waals surface area contributed by atoms with E-state index < -0.39 is 59.2 Å². The van der Waals surface area contributed by atoms with Gasteiger partial charge in [0.05, 0.1) is 5.57 Å². The molecule has 0 fully saturated rings. The Morgan fingerprint density at radius 2 is 1.77 bits per heavy atom. The molecule has 0 spiro atoms. The lowest BCUT2D eigenvalue weighted by atomic mass is 9.97. The number of carbonyl (C=O) groups is 2. The standard InChI is InChI=1S/C22H24F6N2O10/c1-4-13-9-15(40-22(26,27)28)10-14-11-16(18(21(23,24)25)39-17(13)14)19(31)37-12(2)38-20(32)35-7-5-29(3)6-8-36-30(33)34/h9-12,18H,4-8H2,1-3H3/t12?,18-/m0/s1. The summed E-state index contributed by atoms with van der Waals surface area (Å²) < 4.78 is 102. The van der Waals surface area contributed by atoms with E-state index in [1.807, 2.05) is 0 Å². The summed E-state index contributed by atoms with van der Waals surface area (Å²) >= 11 is 0. The number of halogens is 6. The summed E-state index contributed by atoms with van der Waals surface area (Å²) in [6.07, 6.45) is -15.5. The predicted molar refractivity (Wildman–Crippen MR) is 119 cm³/mol. The number of rotatable bonds is 12. The average molecular weight is 590 g/mol. The van der Waals surface area contributed by atoms with Crippen LogP contribution in [0, 0.1) is 10.1 Å². The monoisotopic (exact) mass is 590 g/mol. The maximum absolute atomic E-state index is 13.8. The van der Waals surface area contributed by atoms with Crippen LogP contribution in [0.5, 0.6) is 11.5 Å². The molecule has 0 aliphatic carbocycles. The summed E-state index contributed by atoms with van der Waals surface area (Å²) in [5.41, 5.74) is -1.45. The second-order valence-electron chi connectivity index (χ2n) is 8.09. The van der Waals surface area contributed by atoms with E-state index in [-0.39, 0.29) is 43.9 Å². The Labute approximate surface area is 222 Å². The molecule has 1 aromatic rings. The number of nitrogens with zero attached hydrogens (tertiary/aromatic N) is 2. The molecule has 1 aliphatic rings. The van der Waals surface area contributed by atoms with Crippen LogP contribution in [0.15, 0.2) is 17.7 Å². The normalized spacial score (nSPS) is 15.8. The van der Waals surface area contributed by atoms with Crippen molar-refractivity contribution in [1.29, 1.82) is 0 Å². The number of aryl methyl sites for hydroxylation is 1. The molecule has 0 amide bonds. The van der Waals surface area contributed by atoms with Crippen molar-refractivity contribution in [2.24, 2.45) is 0 Å². The van der Waals surface area contributed by atoms with Gasteiger partial charge in [-0.25, -0.2) is 9.59 Å². The molecule has 0 saturated carbocycles. The third-order valence-corrected chi connectivity index (χ3v) is 5.04. The zero-order valence-corrected chi connectivity index (χ0v) is 21.2. The van der Waals surface area contributed by atoms with Gasteiger partial charge in [-0.15, -0.1) is 23.3 Å². The number of esters is 1. The van der Waals surface area contributed by atoms with Crippen LogP contribution in [0.4, 0.5) is 31.1 Å². The molecule has 18 heteroatoms. The lowest BCUT2D eigenvalue weighted by Gasteiger charge is -2.30. The van der Waals surface area contributed by atoms with E-state index in [2.05, 4.69) is 14.3 Å². The zero-order valence-electron chi connectivity index (χ0n) is 21.2. The third-order valence-electron chi connectivity index (χ3n) is 5.04. The Morgan fingerprint density at radius 3 is 2.35 bits per heavy atom. The van der Waals surface area contributed by atoms with Crippen LogP contribution in [-0.4, -0.2) is 80.4 Å². The number of carbonyl (C=O) groups excluding carboxylic acids is 2. The highest BCUT2D eigenvalue weighted by Gasteiger charge is 2.49. The number of benzene rings is 1. The van der Waals surface area contributed by atoms with Gasteiger partial charge in [0.2, 0.25) is 12.4 Å². The number of ether oxygens (including phenoxy) is 5. The number of hydrogen-bond donors (Lipinski definition) is 0. The Bertz CT molecular complexity index is 1110. The molecule has 1 aliphatic heterocycles. The largest absolute Gasteiger partial charge is 0.573 e. The molecule has 12 nitrogen and oxygen atoms in total. The van der Waals surface area contributed by atoms with Crippen LogP contribution in [0.2, 0.25) is 0 Å². The number of fused-ring (bicyclic) bond motifs is 1. The lowest BCUT2D eigenvalue weighted by molar-refractivity contribution is -0.757. The van der Waals surface area contributed by atoms with Crippen LogP contribution < -0.4 is 9.47 Å². The number of hydrogen-bond acceptors (Lipinski definition) is 11. The van der Waals surface area contributed by atoms with Crippen LogP contribution in [0.25, 0.3) is 6.08 Å². The lowest BCUT2D eigenvalue weighted by Crippen LogP contribution is -2.41. The maximum Gasteiger partial charge on any atom is 0.573 e.